The normalized spacial score (nSPS) is 10.7. The van der Waals surface area contributed by atoms with Crippen LogP contribution in [-0.2, 0) is 0 Å². The maximum absolute atomic E-state index is 13.1. The first kappa shape index (κ1) is 13.2. The quantitative estimate of drug-likeness (QED) is 0.669. The van der Waals surface area contributed by atoms with Gasteiger partial charge in [-0.3, -0.25) is 4.79 Å². The van der Waals surface area contributed by atoms with E-state index in [1.54, 1.807) is 6.07 Å². The Labute approximate surface area is 115 Å². The maximum atomic E-state index is 13.1. The molecule has 0 unspecified atom stereocenters. The van der Waals surface area contributed by atoms with E-state index in [1.165, 1.54) is 11.3 Å². The van der Waals surface area contributed by atoms with Gasteiger partial charge in [0.05, 0.1) is 4.88 Å². The van der Waals surface area contributed by atoms with Gasteiger partial charge < -0.3 is 5.73 Å². The minimum absolute atomic E-state index is 0.0311. The fourth-order valence-electron chi connectivity index (χ4n) is 1.52. The molecule has 2 N–H and O–H groups in total. The van der Waals surface area contributed by atoms with Crippen molar-refractivity contribution in [3.63, 3.8) is 0 Å². The minimum Gasteiger partial charge on any atom is -0.398 e. The highest BCUT2D eigenvalue weighted by Gasteiger charge is 2.20. The van der Waals surface area contributed by atoms with Crippen LogP contribution in [0.2, 0.25) is 0 Å². The Balaban J connectivity index is 2.53. The van der Waals surface area contributed by atoms with Crippen LogP contribution in [0.25, 0.3) is 0 Å². The number of ketones is 1. The number of hydrogen-bond donors (Lipinski definition) is 1. The van der Waals surface area contributed by atoms with Crippen molar-refractivity contribution in [3.8, 4) is 0 Å². The molecule has 0 fully saturated rings. The van der Waals surface area contributed by atoms with Gasteiger partial charge in [-0.25, -0.2) is 8.78 Å². The van der Waals surface area contributed by atoms with Crippen LogP contribution in [0.4, 0.5) is 14.5 Å². The second-order valence-corrected chi connectivity index (χ2v) is 5.83. The Morgan fingerprint density at radius 1 is 1.28 bits per heavy atom. The Morgan fingerprint density at radius 3 is 2.44 bits per heavy atom. The van der Waals surface area contributed by atoms with Crippen LogP contribution in [-0.4, -0.2) is 5.78 Å². The molecular formula is C12H8BrF2NOS. The average Bonchev–Trinajstić information content (AvgIpc) is 2.62. The third-order valence-corrected chi connectivity index (χ3v) is 4.29. The third kappa shape index (κ3) is 2.30. The number of thiophene rings is 1. The van der Waals surface area contributed by atoms with Gasteiger partial charge in [-0.1, -0.05) is 0 Å². The molecular weight excluding hydrogens is 324 g/mol. The third-order valence-electron chi connectivity index (χ3n) is 2.35. The predicted octanol–water partition coefficient (Wildman–Crippen LogP) is 3.91. The lowest BCUT2D eigenvalue weighted by Crippen LogP contribution is -2.06. The highest BCUT2D eigenvalue weighted by molar-refractivity contribution is 9.10. The molecule has 94 valence electrons. The summed E-state index contributed by atoms with van der Waals surface area (Å²) in [4.78, 5) is 13.5. The topological polar surface area (TPSA) is 43.1 Å². The molecule has 1 aromatic heterocycles. The number of halogens is 3. The van der Waals surface area contributed by atoms with Crippen molar-refractivity contribution in [1.82, 2.24) is 0 Å². The van der Waals surface area contributed by atoms with Gasteiger partial charge in [0.1, 0.15) is 0 Å². The van der Waals surface area contributed by atoms with E-state index < -0.39 is 17.4 Å². The van der Waals surface area contributed by atoms with Crippen LogP contribution < -0.4 is 5.73 Å². The molecule has 0 spiro atoms. The number of anilines is 1. The van der Waals surface area contributed by atoms with E-state index in [0.29, 0.717) is 9.35 Å². The smallest absolute Gasteiger partial charge is 0.206 e. The Kier molecular flexibility index (Phi) is 3.49. The lowest BCUT2D eigenvalue weighted by molar-refractivity contribution is 0.104. The molecule has 0 aliphatic rings. The first-order valence-electron chi connectivity index (χ1n) is 4.95. The van der Waals surface area contributed by atoms with Crippen molar-refractivity contribution < 1.29 is 13.6 Å². The highest BCUT2D eigenvalue weighted by Crippen LogP contribution is 2.31. The van der Waals surface area contributed by atoms with Crippen molar-refractivity contribution in [1.29, 1.82) is 0 Å². The summed E-state index contributed by atoms with van der Waals surface area (Å²) in [5.41, 5.74) is 5.44. The summed E-state index contributed by atoms with van der Waals surface area (Å²) in [5, 5.41) is 0. The summed E-state index contributed by atoms with van der Waals surface area (Å²) < 4.78 is 26.7. The van der Waals surface area contributed by atoms with Crippen molar-refractivity contribution in [2.24, 2.45) is 0 Å². The summed E-state index contributed by atoms with van der Waals surface area (Å²) >= 11 is 4.52. The molecule has 1 heterocycles. The van der Waals surface area contributed by atoms with E-state index in [2.05, 4.69) is 15.9 Å². The fourth-order valence-corrected chi connectivity index (χ4v) is 3.29. The van der Waals surface area contributed by atoms with Gasteiger partial charge in [0.25, 0.3) is 0 Å². The molecule has 18 heavy (non-hydrogen) atoms. The second kappa shape index (κ2) is 4.78. The zero-order valence-corrected chi connectivity index (χ0v) is 11.7. The standard InChI is InChI=1S/C12H8BrF2NOS/c1-5-2-7(13)12(18-5)11(17)6-3-8(14)9(15)4-10(6)16/h2-4H,16H2,1H3. The summed E-state index contributed by atoms with van der Waals surface area (Å²) in [6, 6.07) is 3.43. The summed E-state index contributed by atoms with van der Waals surface area (Å²) in [5.74, 6) is -2.57. The first-order chi connectivity index (χ1) is 8.40. The van der Waals surface area contributed by atoms with E-state index in [9.17, 15) is 13.6 Å². The molecule has 2 nitrogen and oxygen atoms in total. The second-order valence-electron chi connectivity index (χ2n) is 3.72. The van der Waals surface area contributed by atoms with Gasteiger partial charge in [0.15, 0.2) is 11.6 Å². The van der Waals surface area contributed by atoms with Gasteiger partial charge in [0, 0.05) is 26.7 Å². The number of carbonyl (C=O) groups is 1. The molecule has 0 bridgehead atoms. The number of benzene rings is 1. The minimum atomic E-state index is -1.09. The Bertz CT molecular complexity index is 639. The summed E-state index contributed by atoms with van der Waals surface area (Å²) in [6.07, 6.45) is 0. The van der Waals surface area contributed by atoms with Crippen LogP contribution >= 0.6 is 27.3 Å². The van der Waals surface area contributed by atoms with Gasteiger partial charge in [-0.15, -0.1) is 11.3 Å². The largest absolute Gasteiger partial charge is 0.398 e. The van der Waals surface area contributed by atoms with Crippen LogP contribution in [0.5, 0.6) is 0 Å². The Hall–Kier alpha value is -1.27. The van der Waals surface area contributed by atoms with Crippen LogP contribution in [0, 0.1) is 18.6 Å². The molecule has 0 radical (unpaired) electrons. The molecule has 0 aliphatic carbocycles. The molecule has 1 aromatic carbocycles. The van der Waals surface area contributed by atoms with Gasteiger partial charge >= 0.3 is 0 Å². The molecule has 0 atom stereocenters. The molecule has 2 rings (SSSR count). The number of rotatable bonds is 2. The first-order valence-corrected chi connectivity index (χ1v) is 6.56. The monoisotopic (exact) mass is 331 g/mol. The SMILES string of the molecule is Cc1cc(Br)c(C(=O)c2cc(F)c(F)cc2N)s1. The van der Waals surface area contributed by atoms with Crippen molar-refractivity contribution in [2.45, 2.75) is 6.92 Å². The average molecular weight is 332 g/mol. The van der Waals surface area contributed by atoms with E-state index in [0.717, 1.165) is 17.0 Å². The number of aryl methyl sites for hydroxylation is 1. The van der Waals surface area contributed by atoms with Crippen LogP contribution in [0.3, 0.4) is 0 Å². The molecule has 0 amide bonds. The zero-order valence-electron chi connectivity index (χ0n) is 9.26. The fraction of sp³-hybridized carbons (Fsp3) is 0.0833. The van der Waals surface area contributed by atoms with E-state index in [4.69, 9.17) is 5.73 Å². The number of carbonyl (C=O) groups excluding carboxylic acids is 1. The lowest BCUT2D eigenvalue weighted by Gasteiger charge is -2.04. The number of hydrogen-bond acceptors (Lipinski definition) is 3. The van der Waals surface area contributed by atoms with E-state index in [-0.39, 0.29) is 11.3 Å². The van der Waals surface area contributed by atoms with Crippen molar-refractivity contribution in [2.75, 3.05) is 5.73 Å². The molecule has 0 saturated heterocycles. The molecule has 0 aliphatic heterocycles. The summed E-state index contributed by atoms with van der Waals surface area (Å²) in [6.45, 7) is 1.85. The van der Waals surface area contributed by atoms with Crippen molar-refractivity contribution >= 4 is 38.7 Å². The van der Waals surface area contributed by atoms with Crippen LogP contribution in [0.15, 0.2) is 22.7 Å². The zero-order chi connectivity index (χ0) is 13.4. The van der Waals surface area contributed by atoms with E-state index in [1.807, 2.05) is 6.92 Å². The highest BCUT2D eigenvalue weighted by atomic mass is 79.9. The summed E-state index contributed by atoms with van der Waals surface area (Å²) in [7, 11) is 0. The predicted molar refractivity (Wildman–Crippen MR) is 71.0 cm³/mol. The van der Waals surface area contributed by atoms with Gasteiger partial charge in [-0.05, 0) is 35.0 Å². The number of nitrogen functional groups attached to an aromatic ring is 1. The molecule has 0 saturated carbocycles. The van der Waals surface area contributed by atoms with Crippen LogP contribution in [0.1, 0.15) is 20.1 Å². The van der Waals surface area contributed by atoms with Gasteiger partial charge in [-0.2, -0.15) is 0 Å². The Morgan fingerprint density at radius 2 is 1.89 bits per heavy atom. The maximum Gasteiger partial charge on any atom is 0.206 e. The molecule has 6 heteroatoms. The van der Waals surface area contributed by atoms with Gasteiger partial charge in [0.2, 0.25) is 5.78 Å². The van der Waals surface area contributed by atoms with Crippen molar-refractivity contribution in [3.05, 3.63) is 49.6 Å². The number of nitrogens with two attached hydrogens (primary N) is 1. The molecule has 2 aromatic rings. The van der Waals surface area contributed by atoms with E-state index >= 15 is 0 Å². The lowest BCUT2D eigenvalue weighted by atomic mass is 10.1.